The van der Waals surface area contributed by atoms with E-state index in [-0.39, 0.29) is 5.41 Å². The lowest BCUT2D eigenvalue weighted by Gasteiger charge is -2.40. The molecule has 0 amide bonds. The van der Waals surface area contributed by atoms with E-state index in [1.165, 1.54) is 5.57 Å². The molecular formula is C13H16O. The van der Waals surface area contributed by atoms with E-state index >= 15 is 0 Å². The van der Waals surface area contributed by atoms with Crippen molar-refractivity contribution in [2.24, 2.45) is 23.2 Å². The maximum absolute atomic E-state index is 11.9. The molecule has 0 heterocycles. The molecule has 0 aliphatic heterocycles. The zero-order chi connectivity index (χ0) is 9.92. The van der Waals surface area contributed by atoms with Gasteiger partial charge in [0.25, 0.3) is 0 Å². The molecule has 14 heavy (non-hydrogen) atoms. The highest BCUT2D eigenvalue weighted by Gasteiger charge is 2.53. The molecular weight excluding hydrogens is 172 g/mol. The van der Waals surface area contributed by atoms with Crippen molar-refractivity contribution in [1.29, 1.82) is 0 Å². The van der Waals surface area contributed by atoms with Gasteiger partial charge in [-0.1, -0.05) is 37.6 Å². The number of carbonyl (C=O) groups excluding carboxylic acids is 1. The number of rotatable bonds is 0. The van der Waals surface area contributed by atoms with E-state index in [0.29, 0.717) is 23.5 Å². The lowest BCUT2D eigenvalue weighted by molar-refractivity contribution is -0.122. The molecule has 0 aromatic rings. The molecule has 2 saturated carbocycles. The zero-order valence-electron chi connectivity index (χ0n) is 8.79. The highest BCUT2D eigenvalue weighted by Crippen LogP contribution is 2.57. The molecule has 3 aliphatic carbocycles. The van der Waals surface area contributed by atoms with Crippen LogP contribution in [0.4, 0.5) is 0 Å². The van der Waals surface area contributed by atoms with Gasteiger partial charge in [0.1, 0.15) is 5.78 Å². The minimum absolute atomic E-state index is 0.109. The molecule has 0 radical (unpaired) electrons. The molecule has 0 saturated heterocycles. The summed E-state index contributed by atoms with van der Waals surface area (Å²) >= 11 is 0. The normalized spacial score (nSPS) is 42.6. The van der Waals surface area contributed by atoms with Crippen molar-refractivity contribution >= 4 is 5.78 Å². The van der Waals surface area contributed by atoms with Gasteiger partial charge < -0.3 is 0 Å². The largest absolute Gasteiger partial charge is 0.299 e. The summed E-state index contributed by atoms with van der Waals surface area (Å²) in [6.07, 6.45) is 8.64. The SMILES string of the molecule is CC1(C)C2=CC=C[C@H]2[C@H]2CC(=O)[C@@H]1C2. The second-order valence-corrected chi connectivity index (χ2v) is 5.47. The summed E-state index contributed by atoms with van der Waals surface area (Å²) in [6, 6.07) is 0. The topological polar surface area (TPSA) is 17.1 Å². The van der Waals surface area contributed by atoms with Gasteiger partial charge in [0, 0.05) is 18.3 Å². The fourth-order valence-electron chi connectivity index (χ4n) is 3.64. The van der Waals surface area contributed by atoms with Crippen LogP contribution >= 0.6 is 0 Å². The standard InChI is InChI=1S/C13H16O/c1-13(2)10-5-3-4-9(10)8-6-11(13)12(14)7-8/h3-5,8-9,11H,6-7H2,1-2H3/t8-,9+,11+/m1/s1. The molecule has 0 N–H and O–H groups in total. The Morgan fingerprint density at radius 3 is 3.00 bits per heavy atom. The summed E-state index contributed by atoms with van der Waals surface area (Å²) in [5.41, 5.74) is 1.61. The highest BCUT2D eigenvalue weighted by molar-refractivity contribution is 5.85. The van der Waals surface area contributed by atoms with Gasteiger partial charge >= 0.3 is 0 Å². The predicted molar refractivity (Wildman–Crippen MR) is 55.7 cm³/mol. The minimum Gasteiger partial charge on any atom is -0.299 e. The fourth-order valence-corrected chi connectivity index (χ4v) is 3.64. The number of hydrogen-bond acceptors (Lipinski definition) is 1. The highest BCUT2D eigenvalue weighted by atomic mass is 16.1. The van der Waals surface area contributed by atoms with Crippen molar-refractivity contribution in [3.8, 4) is 0 Å². The maximum Gasteiger partial charge on any atom is 0.137 e. The molecule has 3 aliphatic rings. The molecule has 0 aromatic heterocycles. The predicted octanol–water partition coefficient (Wildman–Crippen LogP) is 2.73. The third-order valence-electron chi connectivity index (χ3n) is 4.47. The molecule has 74 valence electrons. The van der Waals surface area contributed by atoms with E-state index in [1.807, 2.05) is 0 Å². The summed E-state index contributed by atoms with van der Waals surface area (Å²) in [6.45, 7) is 4.48. The smallest absolute Gasteiger partial charge is 0.137 e. The van der Waals surface area contributed by atoms with E-state index in [9.17, 15) is 4.79 Å². The maximum atomic E-state index is 11.9. The lowest BCUT2D eigenvalue weighted by Crippen LogP contribution is -2.35. The van der Waals surface area contributed by atoms with Gasteiger partial charge in [0.05, 0.1) is 0 Å². The van der Waals surface area contributed by atoms with E-state index in [2.05, 4.69) is 32.1 Å². The van der Waals surface area contributed by atoms with Crippen LogP contribution in [0.5, 0.6) is 0 Å². The second kappa shape index (κ2) is 2.39. The van der Waals surface area contributed by atoms with Gasteiger partial charge in [0.15, 0.2) is 0 Å². The number of fused-ring (bicyclic) bond motifs is 4. The Morgan fingerprint density at radius 2 is 2.21 bits per heavy atom. The Kier molecular flexibility index (Phi) is 1.44. The molecule has 1 nitrogen and oxygen atoms in total. The summed E-state index contributed by atoms with van der Waals surface area (Å²) in [4.78, 5) is 11.9. The van der Waals surface area contributed by atoms with Crippen LogP contribution in [0.1, 0.15) is 26.7 Å². The van der Waals surface area contributed by atoms with E-state index < -0.39 is 0 Å². The summed E-state index contributed by atoms with van der Waals surface area (Å²) in [5.74, 6) is 2.00. The van der Waals surface area contributed by atoms with Gasteiger partial charge in [-0.15, -0.1) is 0 Å². The average molecular weight is 188 g/mol. The molecule has 3 rings (SSSR count). The van der Waals surface area contributed by atoms with E-state index in [0.717, 1.165) is 12.8 Å². The van der Waals surface area contributed by atoms with Crippen LogP contribution in [0, 0.1) is 23.2 Å². The van der Waals surface area contributed by atoms with Crippen LogP contribution in [-0.2, 0) is 4.79 Å². The Bertz CT molecular complexity index is 359. The molecule has 2 fully saturated rings. The molecule has 0 unspecified atom stereocenters. The monoisotopic (exact) mass is 188 g/mol. The summed E-state index contributed by atoms with van der Waals surface area (Å²) < 4.78 is 0. The zero-order valence-corrected chi connectivity index (χ0v) is 8.79. The Labute approximate surface area is 84.9 Å². The lowest BCUT2D eigenvalue weighted by atomic mass is 9.63. The summed E-state index contributed by atoms with van der Waals surface area (Å²) in [7, 11) is 0. The molecule has 2 bridgehead atoms. The molecule has 0 spiro atoms. The first-order chi connectivity index (χ1) is 6.60. The Morgan fingerprint density at radius 1 is 1.43 bits per heavy atom. The second-order valence-electron chi connectivity index (χ2n) is 5.47. The van der Waals surface area contributed by atoms with Gasteiger partial charge in [-0.05, 0) is 17.8 Å². The van der Waals surface area contributed by atoms with Crippen LogP contribution in [0.2, 0.25) is 0 Å². The van der Waals surface area contributed by atoms with Crippen molar-refractivity contribution in [3.05, 3.63) is 23.8 Å². The van der Waals surface area contributed by atoms with Crippen molar-refractivity contribution in [2.75, 3.05) is 0 Å². The Balaban J connectivity index is 2.11. The summed E-state index contributed by atoms with van der Waals surface area (Å²) in [5, 5.41) is 0. The van der Waals surface area contributed by atoms with E-state index in [1.54, 1.807) is 0 Å². The average Bonchev–Trinajstić information content (AvgIpc) is 2.66. The third-order valence-corrected chi connectivity index (χ3v) is 4.47. The first-order valence-corrected chi connectivity index (χ1v) is 5.52. The quantitative estimate of drug-likeness (QED) is 0.571. The van der Waals surface area contributed by atoms with Gasteiger partial charge in [-0.25, -0.2) is 0 Å². The minimum atomic E-state index is 0.109. The number of allylic oxidation sites excluding steroid dienone is 4. The number of hydrogen-bond donors (Lipinski definition) is 0. The van der Waals surface area contributed by atoms with Crippen LogP contribution in [0.3, 0.4) is 0 Å². The number of Topliss-reactive ketones (excluding diaryl/α,β-unsaturated/α-hetero) is 1. The molecule has 1 heteroatoms. The first-order valence-electron chi connectivity index (χ1n) is 5.52. The van der Waals surface area contributed by atoms with Crippen molar-refractivity contribution in [3.63, 3.8) is 0 Å². The third kappa shape index (κ3) is 0.832. The molecule has 0 aromatic carbocycles. The van der Waals surface area contributed by atoms with Gasteiger partial charge in [-0.3, -0.25) is 4.79 Å². The van der Waals surface area contributed by atoms with Crippen LogP contribution in [0.25, 0.3) is 0 Å². The first kappa shape index (κ1) is 8.46. The van der Waals surface area contributed by atoms with Gasteiger partial charge in [0.2, 0.25) is 0 Å². The number of carbonyl (C=O) groups is 1. The van der Waals surface area contributed by atoms with Crippen LogP contribution < -0.4 is 0 Å². The number of ketones is 1. The Hall–Kier alpha value is -0.850. The van der Waals surface area contributed by atoms with Crippen molar-refractivity contribution in [2.45, 2.75) is 26.7 Å². The van der Waals surface area contributed by atoms with Crippen molar-refractivity contribution in [1.82, 2.24) is 0 Å². The van der Waals surface area contributed by atoms with Crippen molar-refractivity contribution < 1.29 is 4.79 Å². The fraction of sp³-hybridized carbons (Fsp3) is 0.615. The van der Waals surface area contributed by atoms with Crippen LogP contribution in [-0.4, -0.2) is 5.78 Å². The van der Waals surface area contributed by atoms with Gasteiger partial charge in [-0.2, -0.15) is 0 Å². The van der Waals surface area contributed by atoms with Crippen LogP contribution in [0.15, 0.2) is 23.8 Å². The van der Waals surface area contributed by atoms with E-state index in [4.69, 9.17) is 0 Å². The molecule has 3 atom stereocenters.